The van der Waals surface area contributed by atoms with Gasteiger partial charge in [0.15, 0.2) is 0 Å². The zero-order valence-electron chi connectivity index (χ0n) is 37.1. The number of carbonyl (C=O) groups excluding carboxylic acids is 2. The summed E-state index contributed by atoms with van der Waals surface area (Å²) < 4.78 is 53.6. The molecule has 0 spiro atoms. The van der Waals surface area contributed by atoms with E-state index in [1.54, 1.807) is 0 Å². The van der Waals surface area contributed by atoms with Crippen molar-refractivity contribution in [3.05, 3.63) is 48.6 Å². The number of aliphatic hydroxyl groups is 1. The maximum absolute atomic E-state index is 12.1. The van der Waals surface area contributed by atoms with Crippen molar-refractivity contribution in [1.29, 1.82) is 0 Å². The molecule has 0 amide bonds. The van der Waals surface area contributed by atoms with E-state index < -0.39 is 35.0 Å². The molecule has 60 heavy (non-hydrogen) atoms. The maximum Gasteiger partial charge on any atom is 0.472 e. The normalized spacial score (nSPS) is 14.7. The molecule has 0 bridgehead atoms. The highest BCUT2D eigenvalue weighted by Gasteiger charge is 2.26. The fourth-order valence-electron chi connectivity index (χ4n) is 5.64. The van der Waals surface area contributed by atoms with Gasteiger partial charge in [0, 0.05) is 25.7 Å². The van der Waals surface area contributed by atoms with E-state index in [0.29, 0.717) is 12.8 Å². The van der Waals surface area contributed by atoms with E-state index in [-0.39, 0.29) is 51.2 Å². The number of carbonyl (C=O) groups is 2. The van der Waals surface area contributed by atoms with Gasteiger partial charge in [0.2, 0.25) is 0 Å². The Morgan fingerprint density at radius 2 is 0.783 bits per heavy atom. The molecule has 2 atom stereocenters. The Labute approximate surface area is 363 Å². The molecule has 350 valence electrons. The molecular weight excluding hydrogens is 810 g/mol. The van der Waals surface area contributed by atoms with Gasteiger partial charge in [-0.3, -0.25) is 27.7 Å². The molecule has 2 unspecified atom stereocenters. The van der Waals surface area contributed by atoms with E-state index in [1.807, 2.05) is 0 Å². The summed E-state index contributed by atoms with van der Waals surface area (Å²) in [6.07, 6.45) is 41.4. The quantitative estimate of drug-likeness (QED) is 0.0227. The van der Waals surface area contributed by atoms with Gasteiger partial charge < -0.3 is 24.4 Å². The number of allylic oxidation sites excluding steroid dienone is 8. The van der Waals surface area contributed by atoms with Crippen LogP contribution in [-0.2, 0) is 46.3 Å². The van der Waals surface area contributed by atoms with E-state index in [2.05, 4.69) is 62.5 Å². The largest absolute Gasteiger partial charge is 0.472 e. The van der Waals surface area contributed by atoms with Crippen molar-refractivity contribution in [2.24, 2.45) is 0 Å². The van der Waals surface area contributed by atoms with Gasteiger partial charge in [0.25, 0.3) is 0 Å². The molecule has 0 aliphatic rings. The number of hydrogen-bond acceptors (Lipinski definition) is 11. The van der Waals surface area contributed by atoms with Gasteiger partial charge in [-0.05, 0) is 77.0 Å². The molecule has 0 heterocycles. The van der Waals surface area contributed by atoms with Crippen molar-refractivity contribution in [3.63, 3.8) is 0 Å². The summed E-state index contributed by atoms with van der Waals surface area (Å²) in [5.74, 6) is -0.669. The fraction of sp³-hybridized carbons (Fsp3) is 0.778. The lowest BCUT2D eigenvalue weighted by atomic mass is 10.1. The highest BCUT2D eigenvalue weighted by atomic mass is 31.2. The van der Waals surface area contributed by atoms with Crippen LogP contribution in [-0.4, -0.2) is 72.6 Å². The van der Waals surface area contributed by atoms with E-state index >= 15 is 0 Å². The van der Waals surface area contributed by atoms with E-state index in [9.17, 15) is 33.6 Å². The number of hydrogen-bond donors (Lipinski definition) is 3. The minimum Gasteiger partial charge on any atom is -0.466 e. The van der Waals surface area contributed by atoms with Crippen LogP contribution in [0.15, 0.2) is 48.6 Å². The number of esters is 2. The van der Waals surface area contributed by atoms with E-state index in [0.717, 1.165) is 89.9 Å². The zero-order valence-corrected chi connectivity index (χ0v) is 38.9. The summed E-state index contributed by atoms with van der Waals surface area (Å²) in [4.78, 5) is 43.6. The molecule has 0 fully saturated rings. The monoisotopic (exact) mass is 893 g/mol. The molecule has 0 aliphatic heterocycles. The van der Waals surface area contributed by atoms with Gasteiger partial charge in [-0.1, -0.05) is 127 Å². The molecule has 0 radical (unpaired) electrons. The first-order valence-corrected chi connectivity index (χ1v) is 25.8. The topological polar surface area (TPSA) is 184 Å². The fourth-order valence-corrected chi connectivity index (χ4v) is 7.23. The first-order chi connectivity index (χ1) is 29.0. The Balaban J connectivity index is 3.76. The van der Waals surface area contributed by atoms with Crippen LogP contribution in [0.25, 0.3) is 0 Å². The number of unbranched alkanes of at least 4 members (excludes halogenated alkanes) is 16. The molecule has 0 aliphatic carbocycles. The van der Waals surface area contributed by atoms with Crippen LogP contribution >= 0.6 is 15.6 Å². The van der Waals surface area contributed by atoms with E-state index in [4.69, 9.17) is 27.6 Å². The summed E-state index contributed by atoms with van der Waals surface area (Å²) in [7, 11) is -9.10. The highest BCUT2D eigenvalue weighted by Crippen LogP contribution is 2.45. The molecule has 3 N–H and O–H groups in total. The van der Waals surface area contributed by atoms with E-state index in [1.165, 1.54) is 51.4 Å². The van der Waals surface area contributed by atoms with Gasteiger partial charge in [-0.25, -0.2) is 9.13 Å². The van der Waals surface area contributed by atoms with Crippen molar-refractivity contribution in [2.75, 3.05) is 39.6 Å². The lowest BCUT2D eigenvalue weighted by Crippen LogP contribution is -2.21. The van der Waals surface area contributed by atoms with Crippen molar-refractivity contribution >= 4 is 27.6 Å². The predicted molar refractivity (Wildman–Crippen MR) is 239 cm³/mol. The number of phosphoric ester groups is 2. The lowest BCUT2D eigenvalue weighted by molar-refractivity contribution is -0.145. The second-order valence-corrected chi connectivity index (χ2v) is 17.9. The molecule has 0 rings (SSSR count). The Hall–Kier alpha value is -1.92. The van der Waals surface area contributed by atoms with Crippen molar-refractivity contribution in [1.82, 2.24) is 0 Å². The predicted octanol–water partition coefficient (Wildman–Crippen LogP) is 12.1. The molecule has 0 saturated carbocycles. The standard InChI is InChI=1S/C45H82O13P2/c1-3-5-7-9-11-13-15-17-19-21-23-25-27-29-31-35-44(47)53-37-33-39-55-59(49,50)57-41-43(46)42-58-60(51,52)56-40-34-38-54-45(48)36-32-30-28-26-24-22-20-18-16-14-12-10-8-6-4-2/h11-14,17-20,43,46H,3-10,15-16,21-42H2,1-2H3,(H,49,50)(H,51,52)/b13-11-,14-12-,19-17-,20-18-. The number of aliphatic hydroxyl groups excluding tert-OH is 1. The van der Waals surface area contributed by atoms with Crippen LogP contribution < -0.4 is 0 Å². The Morgan fingerprint density at radius 1 is 0.450 bits per heavy atom. The number of ether oxygens (including phenoxy) is 2. The average molecular weight is 893 g/mol. The Kier molecular flexibility index (Phi) is 41.0. The maximum atomic E-state index is 12.1. The molecule has 13 nitrogen and oxygen atoms in total. The third kappa shape index (κ3) is 44.1. The minimum absolute atomic E-state index is 0.0144. The van der Waals surface area contributed by atoms with Crippen LogP contribution in [0.2, 0.25) is 0 Å². The molecule has 0 aromatic carbocycles. The Morgan fingerprint density at radius 3 is 1.15 bits per heavy atom. The van der Waals surface area contributed by atoms with Gasteiger partial charge in [-0.2, -0.15) is 0 Å². The molecule has 0 saturated heterocycles. The van der Waals surface area contributed by atoms with Crippen molar-refractivity contribution in [2.45, 2.75) is 187 Å². The van der Waals surface area contributed by atoms with Gasteiger partial charge in [0.05, 0.1) is 39.6 Å². The third-order valence-electron chi connectivity index (χ3n) is 9.14. The summed E-state index contributed by atoms with van der Waals surface area (Å²) in [5, 5.41) is 9.98. The summed E-state index contributed by atoms with van der Waals surface area (Å²) in [5.41, 5.74) is 0. The number of phosphoric acid groups is 2. The summed E-state index contributed by atoms with van der Waals surface area (Å²) in [6, 6.07) is 0. The smallest absolute Gasteiger partial charge is 0.466 e. The summed E-state index contributed by atoms with van der Waals surface area (Å²) in [6.45, 7) is 2.55. The van der Waals surface area contributed by atoms with Crippen LogP contribution in [0.4, 0.5) is 0 Å². The Bertz CT molecular complexity index is 1150. The van der Waals surface area contributed by atoms with Crippen molar-refractivity contribution < 1.29 is 61.2 Å². The molecule has 15 heteroatoms. The van der Waals surface area contributed by atoms with Crippen LogP contribution in [0.5, 0.6) is 0 Å². The van der Waals surface area contributed by atoms with Crippen LogP contribution in [0.3, 0.4) is 0 Å². The van der Waals surface area contributed by atoms with Crippen LogP contribution in [0.1, 0.15) is 181 Å². The third-order valence-corrected chi connectivity index (χ3v) is 11.1. The second-order valence-electron chi connectivity index (χ2n) is 15.0. The van der Waals surface area contributed by atoms with Gasteiger partial charge >= 0.3 is 27.6 Å². The number of rotatable bonds is 44. The first-order valence-electron chi connectivity index (χ1n) is 22.8. The second kappa shape index (κ2) is 42.4. The highest BCUT2D eigenvalue weighted by molar-refractivity contribution is 7.47. The van der Waals surface area contributed by atoms with Crippen molar-refractivity contribution in [3.8, 4) is 0 Å². The van der Waals surface area contributed by atoms with Crippen LogP contribution in [0, 0.1) is 0 Å². The van der Waals surface area contributed by atoms with Gasteiger partial charge in [-0.15, -0.1) is 0 Å². The zero-order chi connectivity index (χ0) is 44.3. The SMILES string of the molecule is CCCCC/C=C\C/C=C\CCCCCCCC(=O)OCCCOP(=O)(O)OCC(O)COP(=O)(O)OCCCOC(=O)CCCCCCC/C=C\C/C=C\CCCCC. The van der Waals surface area contributed by atoms with Gasteiger partial charge in [0.1, 0.15) is 6.10 Å². The molecule has 0 aromatic rings. The average Bonchev–Trinajstić information content (AvgIpc) is 3.22. The summed E-state index contributed by atoms with van der Waals surface area (Å²) >= 11 is 0. The molecule has 0 aromatic heterocycles. The lowest BCUT2D eigenvalue weighted by Gasteiger charge is -2.17. The first kappa shape index (κ1) is 58.1. The minimum atomic E-state index is -4.55. The molecular formula is C45H82O13P2.